The van der Waals surface area contributed by atoms with E-state index in [-0.39, 0.29) is 0 Å². The van der Waals surface area contributed by atoms with Gasteiger partial charge in [-0.05, 0) is 37.3 Å². The van der Waals surface area contributed by atoms with Crippen LogP contribution in [-0.4, -0.2) is 6.04 Å². The van der Waals surface area contributed by atoms with Gasteiger partial charge in [-0.1, -0.05) is 56.3 Å². The monoisotopic (exact) mass is 265 g/mol. The average molecular weight is 266 g/mol. The fraction of sp³-hybridized carbons (Fsp3) is 0.625. The zero-order valence-corrected chi connectivity index (χ0v) is 12.0. The van der Waals surface area contributed by atoms with E-state index < -0.39 is 0 Å². The Kier molecular flexibility index (Phi) is 5.37. The van der Waals surface area contributed by atoms with Crippen molar-refractivity contribution in [3.8, 4) is 0 Å². The van der Waals surface area contributed by atoms with E-state index in [0.29, 0.717) is 6.04 Å². The number of anilines is 1. The molecule has 1 N–H and O–H groups in total. The minimum atomic E-state index is 0.603. The molecule has 0 aromatic heterocycles. The fourth-order valence-corrected chi connectivity index (χ4v) is 3.21. The van der Waals surface area contributed by atoms with Crippen molar-refractivity contribution in [3.05, 3.63) is 29.3 Å². The van der Waals surface area contributed by atoms with Crippen molar-refractivity contribution < 1.29 is 0 Å². The average Bonchev–Trinajstić information content (AvgIpc) is 2.59. The number of nitrogens with one attached hydrogen (secondary N) is 1. The van der Waals surface area contributed by atoms with Crippen molar-refractivity contribution in [2.45, 2.75) is 57.9 Å². The van der Waals surface area contributed by atoms with Gasteiger partial charge in [-0.15, -0.1) is 0 Å². The maximum absolute atomic E-state index is 6.20. The van der Waals surface area contributed by atoms with E-state index in [9.17, 15) is 0 Å². The van der Waals surface area contributed by atoms with E-state index in [1.165, 1.54) is 44.9 Å². The van der Waals surface area contributed by atoms with Crippen LogP contribution in [0, 0.1) is 5.92 Å². The third-order valence-electron chi connectivity index (χ3n) is 4.02. The first-order chi connectivity index (χ1) is 8.79. The minimum absolute atomic E-state index is 0.603. The molecule has 1 aliphatic rings. The van der Waals surface area contributed by atoms with Crippen LogP contribution in [-0.2, 0) is 0 Å². The summed E-state index contributed by atoms with van der Waals surface area (Å²) in [5, 5.41) is 4.46. The molecular formula is C16H24ClN. The van der Waals surface area contributed by atoms with E-state index in [1.54, 1.807) is 0 Å². The zero-order valence-electron chi connectivity index (χ0n) is 11.3. The molecule has 1 saturated carbocycles. The largest absolute Gasteiger partial charge is 0.381 e. The van der Waals surface area contributed by atoms with Crippen LogP contribution in [0.15, 0.2) is 24.3 Å². The predicted octanol–water partition coefficient (Wildman–Crippen LogP) is 5.50. The standard InChI is InChI=1S/C16H24ClN/c1-2-6-13-7-5-8-14(12-11-13)18-16-10-4-3-9-15(16)17/h3-4,9-10,13-14,18H,2,5-8,11-12H2,1H3. The summed E-state index contributed by atoms with van der Waals surface area (Å²) in [6, 6.07) is 8.67. The molecule has 0 heterocycles. The van der Waals surface area contributed by atoms with Crippen LogP contribution >= 0.6 is 11.6 Å². The van der Waals surface area contributed by atoms with Crippen molar-refractivity contribution in [2.24, 2.45) is 5.92 Å². The molecule has 1 aromatic carbocycles. The van der Waals surface area contributed by atoms with Crippen molar-refractivity contribution in [1.29, 1.82) is 0 Å². The minimum Gasteiger partial charge on any atom is -0.381 e. The molecule has 0 spiro atoms. The van der Waals surface area contributed by atoms with Crippen LogP contribution in [0.1, 0.15) is 51.9 Å². The lowest BCUT2D eigenvalue weighted by Crippen LogP contribution is -2.18. The Morgan fingerprint density at radius 1 is 1.17 bits per heavy atom. The van der Waals surface area contributed by atoms with Crippen molar-refractivity contribution in [1.82, 2.24) is 0 Å². The second-order valence-electron chi connectivity index (χ2n) is 5.48. The van der Waals surface area contributed by atoms with Gasteiger partial charge in [-0.2, -0.15) is 0 Å². The molecule has 0 bridgehead atoms. The van der Waals surface area contributed by atoms with E-state index in [1.807, 2.05) is 18.2 Å². The normalized spacial score (nSPS) is 24.6. The van der Waals surface area contributed by atoms with E-state index in [0.717, 1.165) is 16.6 Å². The molecule has 1 fully saturated rings. The summed E-state index contributed by atoms with van der Waals surface area (Å²) in [6.07, 6.45) is 9.44. The van der Waals surface area contributed by atoms with Gasteiger partial charge in [0.2, 0.25) is 0 Å². The van der Waals surface area contributed by atoms with E-state index in [2.05, 4.69) is 18.3 Å². The van der Waals surface area contributed by atoms with Gasteiger partial charge in [-0.3, -0.25) is 0 Å². The second-order valence-corrected chi connectivity index (χ2v) is 5.89. The van der Waals surface area contributed by atoms with Gasteiger partial charge in [-0.25, -0.2) is 0 Å². The Balaban J connectivity index is 1.89. The maximum atomic E-state index is 6.20. The Labute approximate surface area is 116 Å². The molecule has 1 aromatic rings. The van der Waals surface area contributed by atoms with Gasteiger partial charge in [0, 0.05) is 6.04 Å². The van der Waals surface area contributed by atoms with Gasteiger partial charge in [0.1, 0.15) is 0 Å². The first kappa shape index (κ1) is 13.7. The lowest BCUT2D eigenvalue weighted by molar-refractivity contribution is 0.422. The lowest BCUT2D eigenvalue weighted by Gasteiger charge is -2.19. The SMILES string of the molecule is CCCC1CCCC(Nc2ccccc2Cl)CC1. The smallest absolute Gasteiger partial charge is 0.0637 e. The number of hydrogen-bond acceptors (Lipinski definition) is 1. The summed E-state index contributed by atoms with van der Waals surface area (Å²) < 4.78 is 0. The Morgan fingerprint density at radius 2 is 2.00 bits per heavy atom. The second kappa shape index (κ2) is 7.04. The summed E-state index contributed by atoms with van der Waals surface area (Å²) in [7, 11) is 0. The Bertz CT molecular complexity index is 364. The van der Waals surface area contributed by atoms with Crippen molar-refractivity contribution in [2.75, 3.05) is 5.32 Å². The highest BCUT2D eigenvalue weighted by atomic mass is 35.5. The third-order valence-corrected chi connectivity index (χ3v) is 4.35. The van der Waals surface area contributed by atoms with Crippen LogP contribution in [0.5, 0.6) is 0 Å². The summed E-state index contributed by atoms with van der Waals surface area (Å²) in [5.41, 5.74) is 1.10. The number of rotatable bonds is 4. The summed E-state index contributed by atoms with van der Waals surface area (Å²) >= 11 is 6.20. The van der Waals surface area contributed by atoms with Crippen molar-refractivity contribution >= 4 is 17.3 Å². The van der Waals surface area contributed by atoms with E-state index in [4.69, 9.17) is 11.6 Å². The molecule has 0 aliphatic heterocycles. The third kappa shape index (κ3) is 3.91. The van der Waals surface area contributed by atoms with Crippen LogP contribution in [0.25, 0.3) is 0 Å². The van der Waals surface area contributed by atoms with Gasteiger partial charge in [0.15, 0.2) is 0 Å². The Morgan fingerprint density at radius 3 is 2.78 bits per heavy atom. The number of hydrogen-bond donors (Lipinski definition) is 1. The Hall–Kier alpha value is -0.690. The van der Waals surface area contributed by atoms with Crippen LogP contribution in [0.3, 0.4) is 0 Å². The van der Waals surface area contributed by atoms with Gasteiger partial charge < -0.3 is 5.32 Å². The summed E-state index contributed by atoms with van der Waals surface area (Å²) in [4.78, 5) is 0. The van der Waals surface area contributed by atoms with Crippen LogP contribution in [0.2, 0.25) is 5.02 Å². The van der Waals surface area contributed by atoms with Crippen LogP contribution in [0.4, 0.5) is 5.69 Å². The molecular weight excluding hydrogens is 242 g/mol. The molecule has 0 radical (unpaired) electrons. The predicted molar refractivity (Wildman–Crippen MR) is 80.3 cm³/mol. The molecule has 0 saturated heterocycles. The van der Waals surface area contributed by atoms with Crippen LogP contribution < -0.4 is 5.32 Å². The maximum Gasteiger partial charge on any atom is 0.0637 e. The molecule has 1 nitrogen and oxygen atoms in total. The molecule has 100 valence electrons. The topological polar surface area (TPSA) is 12.0 Å². The first-order valence-electron chi connectivity index (χ1n) is 7.30. The highest BCUT2D eigenvalue weighted by Crippen LogP contribution is 2.30. The molecule has 0 amide bonds. The highest BCUT2D eigenvalue weighted by molar-refractivity contribution is 6.33. The number of para-hydroxylation sites is 1. The van der Waals surface area contributed by atoms with Gasteiger partial charge in [0.05, 0.1) is 10.7 Å². The fourth-order valence-electron chi connectivity index (χ4n) is 3.02. The first-order valence-corrected chi connectivity index (χ1v) is 7.68. The molecule has 2 heteroatoms. The lowest BCUT2D eigenvalue weighted by atomic mass is 9.95. The number of benzene rings is 1. The summed E-state index contributed by atoms with van der Waals surface area (Å²) in [5.74, 6) is 0.952. The van der Waals surface area contributed by atoms with Gasteiger partial charge in [0.25, 0.3) is 0 Å². The van der Waals surface area contributed by atoms with Crippen molar-refractivity contribution in [3.63, 3.8) is 0 Å². The molecule has 2 unspecified atom stereocenters. The van der Waals surface area contributed by atoms with E-state index >= 15 is 0 Å². The van der Waals surface area contributed by atoms with Gasteiger partial charge >= 0.3 is 0 Å². The molecule has 2 rings (SSSR count). The molecule has 1 aliphatic carbocycles. The summed E-state index contributed by atoms with van der Waals surface area (Å²) in [6.45, 7) is 2.30. The number of halogens is 1. The zero-order chi connectivity index (χ0) is 12.8. The highest BCUT2D eigenvalue weighted by Gasteiger charge is 2.18. The molecule has 18 heavy (non-hydrogen) atoms. The quantitative estimate of drug-likeness (QED) is 0.709. The molecule has 2 atom stereocenters.